The number of amides is 2. The third kappa shape index (κ3) is 5.54. The number of imidazole rings is 1. The first kappa shape index (κ1) is 22.9. The van der Waals surface area contributed by atoms with E-state index in [1.165, 1.54) is 0 Å². The van der Waals surface area contributed by atoms with Gasteiger partial charge in [0, 0.05) is 35.9 Å². The van der Waals surface area contributed by atoms with Crippen LogP contribution in [0, 0.1) is 6.92 Å². The van der Waals surface area contributed by atoms with Gasteiger partial charge in [0.25, 0.3) is 5.91 Å². The number of hydrogen-bond donors (Lipinski definition) is 1. The smallest absolute Gasteiger partial charge is 0.251 e. The standard InChI is InChI=1S/C25H27ClN4O3/c1-17-14-30(16-27-17)22-9-8-19(13-23(22)33-2)25(32)28-21-7-4-10-29(15-21)24(31)12-18-5-3-6-20(26)11-18/h3,5-6,8-9,11,13-14,16,21H,4,7,10,12,15H2,1-2H3,(H,28,32). The summed E-state index contributed by atoms with van der Waals surface area (Å²) in [6.45, 7) is 3.10. The fourth-order valence-corrected chi connectivity index (χ4v) is 4.32. The van der Waals surface area contributed by atoms with Crippen molar-refractivity contribution < 1.29 is 14.3 Å². The summed E-state index contributed by atoms with van der Waals surface area (Å²) < 4.78 is 7.37. The van der Waals surface area contributed by atoms with Gasteiger partial charge in [0.05, 0.1) is 31.2 Å². The highest BCUT2D eigenvalue weighted by Crippen LogP contribution is 2.25. The molecule has 0 aliphatic carbocycles. The van der Waals surface area contributed by atoms with Gasteiger partial charge < -0.3 is 19.5 Å². The van der Waals surface area contributed by atoms with Gasteiger partial charge in [-0.2, -0.15) is 0 Å². The maximum Gasteiger partial charge on any atom is 0.251 e. The molecule has 1 aliphatic rings. The lowest BCUT2D eigenvalue weighted by atomic mass is 10.0. The maximum atomic E-state index is 12.9. The Morgan fingerprint density at radius 2 is 2.09 bits per heavy atom. The largest absolute Gasteiger partial charge is 0.495 e. The Balaban J connectivity index is 1.40. The molecule has 0 bridgehead atoms. The van der Waals surface area contributed by atoms with Gasteiger partial charge in [0.1, 0.15) is 5.75 Å². The Hall–Kier alpha value is -3.32. The predicted octanol–water partition coefficient (Wildman–Crippen LogP) is 3.81. The fraction of sp³-hybridized carbons (Fsp3) is 0.320. The van der Waals surface area contributed by atoms with E-state index >= 15 is 0 Å². The number of nitrogens with zero attached hydrogens (tertiary/aromatic N) is 3. The number of hydrogen-bond acceptors (Lipinski definition) is 4. The second-order valence-corrected chi connectivity index (χ2v) is 8.70. The molecule has 1 fully saturated rings. The average molecular weight is 467 g/mol. The molecule has 1 unspecified atom stereocenters. The second kappa shape index (κ2) is 10.1. The minimum Gasteiger partial charge on any atom is -0.495 e. The highest BCUT2D eigenvalue weighted by molar-refractivity contribution is 6.30. The van der Waals surface area contributed by atoms with Crippen LogP contribution in [-0.2, 0) is 11.2 Å². The van der Waals surface area contributed by atoms with Crippen LogP contribution in [0.4, 0.5) is 0 Å². The van der Waals surface area contributed by atoms with Crippen LogP contribution in [0.2, 0.25) is 5.02 Å². The van der Waals surface area contributed by atoms with E-state index in [9.17, 15) is 9.59 Å². The van der Waals surface area contributed by atoms with Gasteiger partial charge in [-0.1, -0.05) is 23.7 Å². The van der Waals surface area contributed by atoms with Gasteiger partial charge in [0.15, 0.2) is 0 Å². The highest BCUT2D eigenvalue weighted by atomic mass is 35.5. The molecule has 0 spiro atoms. The van der Waals surface area contributed by atoms with Crippen LogP contribution in [0.25, 0.3) is 5.69 Å². The number of likely N-dealkylation sites (tertiary alicyclic amines) is 1. The molecule has 2 aromatic carbocycles. The first-order valence-electron chi connectivity index (χ1n) is 10.9. The minimum absolute atomic E-state index is 0.0397. The zero-order valence-electron chi connectivity index (χ0n) is 18.8. The van der Waals surface area contributed by atoms with E-state index in [1.54, 1.807) is 31.6 Å². The number of methoxy groups -OCH3 is 1. The van der Waals surface area contributed by atoms with Crippen molar-refractivity contribution in [2.45, 2.75) is 32.2 Å². The third-order valence-corrected chi connectivity index (χ3v) is 6.02. The number of benzene rings is 2. The number of ether oxygens (including phenoxy) is 1. The first-order valence-corrected chi connectivity index (χ1v) is 11.3. The molecular weight excluding hydrogens is 440 g/mol. The summed E-state index contributed by atoms with van der Waals surface area (Å²) in [4.78, 5) is 31.8. The van der Waals surface area contributed by atoms with Crippen molar-refractivity contribution in [2.75, 3.05) is 20.2 Å². The molecule has 7 nitrogen and oxygen atoms in total. The Morgan fingerprint density at radius 3 is 2.82 bits per heavy atom. The van der Waals surface area contributed by atoms with Crippen LogP contribution >= 0.6 is 11.6 Å². The summed E-state index contributed by atoms with van der Waals surface area (Å²) in [5.74, 6) is 0.440. The Morgan fingerprint density at radius 1 is 1.24 bits per heavy atom. The zero-order chi connectivity index (χ0) is 23.4. The van der Waals surface area contributed by atoms with Crippen molar-refractivity contribution in [3.8, 4) is 11.4 Å². The van der Waals surface area contributed by atoms with Crippen LogP contribution in [0.1, 0.15) is 34.5 Å². The summed E-state index contributed by atoms with van der Waals surface area (Å²) in [6, 6.07) is 12.6. The van der Waals surface area contributed by atoms with Crippen LogP contribution in [0.15, 0.2) is 55.0 Å². The van der Waals surface area contributed by atoms with E-state index in [0.29, 0.717) is 35.8 Å². The number of carbonyl (C=O) groups excluding carboxylic acids is 2. The van der Waals surface area contributed by atoms with Gasteiger partial charge in [-0.05, 0) is 55.7 Å². The van der Waals surface area contributed by atoms with Crippen molar-refractivity contribution in [1.29, 1.82) is 0 Å². The molecule has 0 saturated carbocycles. The second-order valence-electron chi connectivity index (χ2n) is 8.27. The molecular formula is C25H27ClN4O3. The van der Waals surface area contributed by atoms with E-state index in [4.69, 9.17) is 16.3 Å². The van der Waals surface area contributed by atoms with Crippen LogP contribution in [0.5, 0.6) is 5.75 Å². The monoisotopic (exact) mass is 466 g/mol. The normalized spacial score (nSPS) is 15.8. The molecule has 8 heteroatoms. The number of aryl methyl sites for hydroxylation is 1. The van der Waals surface area contributed by atoms with E-state index in [0.717, 1.165) is 29.8 Å². The summed E-state index contributed by atoms with van der Waals surface area (Å²) in [6.07, 6.45) is 5.58. The van der Waals surface area contributed by atoms with Gasteiger partial charge >= 0.3 is 0 Å². The molecule has 172 valence electrons. The number of carbonyl (C=O) groups is 2. The number of aromatic nitrogens is 2. The molecule has 0 radical (unpaired) electrons. The minimum atomic E-state index is -0.184. The fourth-order valence-electron chi connectivity index (χ4n) is 4.11. The van der Waals surface area contributed by atoms with Gasteiger partial charge in [-0.15, -0.1) is 0 Å². The quantitative estimate of drug-likeness (QED) is 0.599. The lowest BCUT2D eigenvalue weighted by Gasteiger charge is -2.33. The topological polar surface area (TPSA) is 76.5 Å². The van der Waals surface area contributed by atoms with Crippen LogP contribution in [0.3, 0.4) is 0 Å². The number of halogens is 1. The number of rotatable bonds is 6. The predicted molar refractivity (Wildman–Crippen MR) is 127 cm³/mol. The Bertz CT molecular complexity index is 1160. The lowest BCUT2D eigenvalue weighted by molar-refractivity contribution is -0.131. The number of piperidine rings is 1. The third-order valence-electron chi connectivity index (χ3n) is 5.79. The van der Waals surface area contributed by atoms with Crippen molar-refractivity contribution >= 4 is 23.4 Å². The van der Waals surface area contributed by atoms with Crippen molar-refractivity contribution in [3.63, 3.8) is 0 Å². The molecule has 2 amide bonds. The van der Waals surface area contributed by atoms with E-state index < -0.39 is 0 Å². The van der Waals surface area contributed by atoms with E-state index in [2.05, 4.69) is 10.3 Å². The van der Waals surface area contributed by atoms with Crippen molar-refractivity contribution in [3.05, 3.63) is 76.8 Å². The van der Waals surface area contributed by atoms with Gasteiger partial charge in [-0.3, -0.25) is 9.59 Å². The molecule has 33 heavy (non-hydrogen) atoms. The van der Waals surface area contributed by atoms with Crippen molar-refractivity contribution in [2.24, 2.45) is 0 Å². The van der Waals surface area contributed by atoms with Crippen LogP contribution in [-0.4, -0.2) is 52.5 Å². The Kier molecular flexibility index (Phi) is 6.99. The first-order chi connectivity index (χ1) is 15.9. The highest BCUT2D eigenvalue weighted by Gasteiger charge is 2.25. The van der Waals surface area contributed by atoms with Crippen LogP contribution < -0.4 is 10.1 Å². The molecule has 4 rings (SSSR count). The van der Waals surface area contributed by atoms with E-state index in [-0.39, 0.29) is 17.9 Å². The average Bonchev–Trinajstić information content (AvgIpc) is 3.24. The molecule has 3 aromatic rings. The molecule has 1 aromatic heterocycles. The lowest BCUT2D eigenvalue weighted by Crippen LogP contribution is -2.50. The number of nitrogens with one attached hydrogen (secondary N) is 1. The molecule has 1 aliphatic heterocycles. The zero-order valence-corrected chi connectivity index (χ0v) is 19.5. The summed E-state index contributed by atoms with van der Waals surface area (Å²) >= 11 is 6.03. The molecule has 1 N–H and O–H groups in total. The van der Waals surface area contributed by atoms with Crippen molar-refractivity contribution in [1.82, 2.24) is 19.8 Å². The molecule has 1 atom stereocenters. The molecule has 2 heterocycles. The summed E-state index contributed by atoms with van der Waals surface area (Å²) in [5.41, 5.74) is 3.10. The van der Waals surface area contributed by atoms with Gasteiger partial charge in [0.2, 0.25) is 5.91 Å². The Labute approximate surface area is 198 Å². The summed E-state index contributed by atoms with van der Waals surface area (Å²) in [7, 11) is 1.58. The summed E-state index contributed by atoms with van der Waals surface area (Å²) in [5, 5.41) is 3.70. The van der Waals surface area contributed by atoms with Gasteiger partial charge in [-0.25, -0.2) is 4.98 Å². The SMILES string of the molecule is COc1cc(C(=O)NC2CCCN(C(=O)Cc3cccc(Cl)c3)C2)ccc1-n1cnc(C)c1. The van der Waals surface area contributed by atoms with E-state index in [1.807, 2.05) is 46.9 Å². The maximum absolute atomic E-state index is 12.9. The molecule has 1 saturated heterocycles.